The molecule has 0 fully saturated rings. The van der Waals surface area contributed by atoms with Crippen molar-refractivity contribution in [2.75, 3.05) is 0 Å². The molecule has 0 unspecified atom stereocenters. The molecule has 0 radical (unpaired) electrons. The van der Waals surface area contributed by atoms with Gasteiger partial charge in [-0.1, -0.05) is 34.8 Å². The first-order valence-corrected chi connectivity index (χ1v) is 4.21. The second-order valence-electron chi connectivity index (χ2n) is 2.19. The number of allylic oxidation sites excluding steroid dienone is 1. The lowest BCUT2D eigenvalue weighted by atomic mass is 10.3. The second-order valence-corrected chi connectivity index (χ2v) is 4.47. The van der Waals surface area contributed by atoms with Gasteiger partial charge in [0.2, 0.25) is 3.79 Å². The molecular weight excluding hydrogens is 267 g/mol. The third-order valence-electron chi connectivity index (χ3n) is 0.998. The van der Waals surface area contributed by atoms with Gasteiger partial charge in [0.05, 0.1) is 0 Å². The fourth-order valence-electron chi connectivity index (χ4n) is 0.402. The van der Waals surface area contributed by atoms with Gasteiger partial charge in [0.15, 0.2) is 0 Å². The molecule has 0 atom stereocenters. The van der Waals surface area contributed by atoms with Crippen LogP contribution in [0, 0.1) is 0 Å². The van der Waals surface area contributed by atoms with Gasteiger partial charge in [-0.15, -0.1) is 13.2 Å². The van der Waals surface area contributed by atoms with E-state index in [1.807, 2.05) is 0 Å². The second kappa shape index (κ2) is 4.59. The van der Waals surface area contributed by atoms with E-state index in [4.69, 9.17) is 34.8 Å². The molecule has 14 heavy (non-hydrogen) atoms. The van der Waals surface area contributed by atoms with E-state index in [1.165, 1.54) is 6.92 Å². The molecule has 2 nitrogen and oxygen atoms in total. The van der Waals surface area contributed by atoms with E-state index < -0.39 is 16.1 Å². The zero-order valence-electron chi connectivity index (χ0n) is 6.66. The lowest BCUT2D eigenvalue weighted by Gasteiger charge is -2.11. The van der Waals surface area contributed by atoms with Gasteiger partial charge in [-0.05, 0) is 12.5 Å². The maximum Gasteiger partial charge on any atom is 0.575 e. The molecule has 0 heterocycles. The average Bonchev–Trinajstić information content (AvgIpc) is 1.79. The van der Waals surface area contributed by atoms with Gasteiger partial charge in [0.1, 0.15) is 0 Å². The van der Waals surface area contributed by atoms with E-state index in [2.05, 4.69) is 4.74 Å². The van der Waals surface area contributed by atoms with Crippen molar-refractivity contribution >= 4 is 40.8 Å². The minimum absolute atomic E-state index is 0.170. The summed E-state index contributed by atoms with van der Waals surface area (Å²) in [5, 5.41) is 0. The summed E-state index contributed by atoms with van der Waals surface area (Å²) in [6.07, 6.45) is -4.58. The van der Waals surface area contributed by atoms with Crippen LogP contribution in [-0.4, -0.2) is 16.1 Å². The van der Waals surface area contributed by atoms with Crippen LogP contribution in [0.1, 0.15) is 6.92 Å². The molecule has 0 bridgehead atoms. The molecule has 0 aliphatic carbocycles. The number of rotatable bonds is 1. The summed E-state index contributed by atoms with van der Waals surface area (Å²) in [4.78, 5) is 10.5. The first-order valence-electron chi connectivity index (χ1n) is 3.07. The maximum atomic E-state index is 11.5. The molecule has 0 rings (SSSR count). The number of esters is 1. The van der Waals surface area contributed by atoms with Crippen LogP contribution < -0.4 is 0 Å². The zero-order valence-corrected chi connectivity index (χ0v) is 8.93. The molecule has 8 heteroatoms. The number of ether oxygens (including phenoxy) is 1. The van der Waals surface area contributed by atoms with Crippen LogP contribution in [0.2, 0.25) is 0 Å². The summed E-state index contributed by atoms with van der Waals surface area (Å²) in [6.45, 7) is 1.19. The van der Waals surface area contributed by atoms with Gasteiger partial charge >= 0.3 is 12.3 Å². The molecule has 82 valence electrons. The van der Waals surface area contributed by atoms with Gasteiger partial charge in [0, 0.05) is 6.08 Å². The van der Waals surface area contributed by atoms with E-state index >= 15 is 0 Å². The van der Waals surface area contributed by atoms with Crippen LogP contribution in [0.4, 0.5) is 13.2 Å². The summed E-state index contributed by atoms with van der Waals surface area (Å²) in [7, 11) is 0. The van der Waals surface area contributed by atoms with Crippen LogP contribution in [-0.2, 0) is 9.53 Å². The Morgan fingerprint density at radius 2 is 1.71 bits per heavy atom. The largest absolute Gasteiger partial charge is 0.575 e. The van der Waals surface area contributed by atoms with E-state index in [0.29, 0.717) is 6.08 Å². The van der Waals surface area contributed by atoms with Crippen molar-refractivity contribution in [3.05, 3.63) is 11.6 Å². The topological polar surface area (TPSA) is 26.3 Å². The van der Waals surface area contributed by atoms with Crippen molar-refractivity contribution in [2.45, 2.75) is 17.1 Å². The zero-order chi connectivity index (χ0) is 11.6. The Morgan fingerprint density at radius 1 is 1.29 bits per heavy atom. The number of carbonyl (C=O) groups is 1. The highest BCUT2D eigenvalue weighted by molar-refractivity contribution is 6.69. The Kier molecular flexibility index (Phi) is 4.55. The van der Waals surface area contributed by atoms with Gasteiger partial charge in [-0.2, -0.15) is 0 Å². The summed E-state index contributed by atoms with van der Waals surface area (Å²) >= 11 is 15.8. The first kappa shape index (κ1) is 13.9. The van der Waals surface area contributed by atoms with Gasteiger partial charge in [0.25, 0.3) is 0 Å². The molecule has 0 aromatic carbocycles. The Balaban J connectivity index is 4.46. The highest BCUT2D eigenvalue weighted by Crippen LogP contribution is 2.34. The van der Waals surface area contributed by atoms with Crippen LogP contribution >= 0.6 is 34.8 Å². The minimum atomic E-state index is -5.04. The van der Waals surface area contributed by atoms with E-state index in [9.17, 15) is 18.0 Å². The molecule has 0 aromatic rings. The van der Waals surface area contributed by atoms with Crippen molar-refractivity contribution in [3.63, 3.8) is 0 Å². The number of hydrogen-bond acceptors (Lipinski definition) is 2. The van der Waals surface area contributed by atoms with Crippen LogP contribution in [0.3, 0.4) is 0 Å². The van der Waals surface area contributed by atoms with Gasteiger partial charge in [-0.3, -0.25) is 0 Å². The molecule has 0 aliphatic rings. The highest BCUT2D eigenvalue weighted by Gasteiger charge is 2.34. The Labute approximate surface area is 92.6 Å². The lowest BCUT2D eigenvalue weighted by Crippen LogP contribution is -2.19. The number of carbonyl (C=O) groups excluding carboxylic acids is 1. The fourth-order valence-corrected chi connectivity index (χ4v) is 0.566. The maximum absolute atomic E-state index is 11.5. The average molecular weight is 271 g/mol. The van der Waals surface area contributed by atoms with Crippen molar-refractivity contribution in [3.8, 4) is 0 Å². The molecule has 0 aromatic heterocycles. The molecule has 0 saturated carbocycles. The highest BCUT2D eigenvalue weighted by atomic mass is 35.6. The number of hydrogen-bond donors (Lipinski definition) is 0. The normalized spacial score (nSPS) is 14.1. The number of halogens is 6. The quantitative estimate of drug-likeness (QED) is 0.415. The summed E-state index contributed by atoms with van der Waals surface area (Å²) < 4.78 is 35.5. The monoisotopic (exact) mass is 270 g/mol. The molecule has 0 saturated heterocycles. The fraction of sp³-hybridized carbons (Fsp3) is 0.500. The summed E-state index contributed by atoms with van der Waals surface area (Å²) in [5.74, 6) is -1.64. The third-order valence-corrected chi connectivity index (χ3v) is 1.89. The SMILES string of the molecule is CC(=CC(=O)OC(F)(F)F)C(Cl)(Cl)Cl. The lowest BCUT2D eigenvalue weighted by molar-refractivity contribution is -0.303. The standard InChI is InChI=1S/C6H4Cl3F3O2/c1-3(5(7,8)9)2-4(13)14-6(10,11)12/h2H,1H3. The third kappa shape index (κ3) is 6.34. The molecule has 0 aliphatic heterocycles. The van der Waals surface area contributed by atoms with Crippen molar-refractivity contribution in [1.29, 1.82) is 0 Å². The van der Waals surface area contributed by atoms with Crippen LogP contribution in [0.25, 0.3) is 0 Å². The predicted molar refractivity (Wildman–Crippen MR) is 46.2 cm³/mol. The molecular formula is C6H4Cl3F3O2. The predicted octanol–water partition coefficient (Wildman–Crippen LogP) is 3.37. The Bertz CT molecular complexity index is 254. The van der Waals surface area contributed by atoms with Gasteiger partial charge < -0.3 is 4.74 Å². The van der Waals surface area contributed by atoms with Crippen molar-refractivity contribution in [2.24, 2.45) is 0 Å². The first-order chi connectivity index (χ1) is 6.02. The molecule has 0 N–H and O–H groups in total. The van der Waals surface area contributed by atoms with Crippen LogP contribution in [0.15, 0.2) is 11.6 Å². The Hall–Kier alpha value is -0.130. The van der Waals surface area contributed by atoms with Crippen LogP contribution in [0.5, 0.6) is 0 Å². The summed E-state index contributed by atoms with van der Waals surface area (Å²) in [5.41, 5.74) is -0.170. The van der Waals surface area contributed by atoms with Crippen molar-refractivity contribution in [1.82, 2.24) is 0 Å². The molecule has 0 spiro atoms. The minimum Gasteiger partial charge on any atom is -0.370 e. The van der Waals surface area contributed by atoms with E-state index in [1.54, 1.807) is 0 Å². The van der Waals surface area contributed by atoms with Gasteiger partial charge in [-0.25, -0.2) is 4.79 Å². The molecule has 0 amide bonds. The Morgan fingerprint density at radius 3 is 2.00 bits per heavy atom. The van der Waals surface area contributed by atoms with E-state index in [-0.39, 0.29) is 5.57 Å². The number of alkyl halides is 6. The van der Waals surface area contributed by atoms with Crippen molar-refractivity contribution < 1.29 is 22.7 Å². The summed E-state index contributed by atoms with van der Waals surface area (Å²) in [6, 6.07) is 0. The smallest absolute Gasteiger partial charge is 0.370 e. The van der Waals surface area contributed by atoms with E-state index in [0.717, 1.165) is 0 Å².